The number of halogens is 2. The molecule has 0 saturated carbocycles. The van der Waals surface area contributed by atoms with Gasteiger partial charge in [0.25, 0.3) is 0 Å². The quantitative estimate of drug-likeness (QED) is 0.511. The maximum absolute atomic E-state index is 14.4. The van der Waals surface area contributed by atoms with Gasteiger partial charge in [0.2, 0.25) is 15.9 Å². The van der Waals surface area contributed by atoms with Crippen LogP contribution in [0.1, 0.15) is 44.1 Å². The minimum Gasteiger partial charge on any atom is -0.493 e. The molecule has 190 valence electrons. The van der Waals surface area contributed by atoms with Crippen LogP contribution >= 0.6 is 11.6 Å². The molecule has 2 aliphatic heterocycles. The van der Waals surface area contributed by atoms with Crippen molar-refractivity contribution in [2.45, 2.75) is 50.3 Å². The Morgan fingerprint density at radius 3 is 2.54 bits per heavy atom. The van der Waals surface area contributed by atoms with E-state index in [2.05, 4.69) is 0 Å². The molecule has 2 aromatic carbocycles. The molecule has 35 heavy (non-hydrogen) atoms. The Kier molecular flexibility index (Phi) is 8.03. The zero-order valence-corrected chi connectivity index (χ0v) is 21.6. The van der Waals surface area contributed by atoms with Crippen LogP contribution in [0.3, 0.4) is 0 Å². The lowest BCUT2D eigenvalue weighted by atomic mass is 9.78. The smallest absolute Gasteiger partial charge is 0.246 e. The average Bonchev–Trinajstić information content (AvgIpc) is 2.85. The van der Waals surface area contributed by atoms with Gasteiger partial charge in [-0.05, 0) is 74.9 Å². The van der Waals surface area contributed by atoms with Crippen molar-refractivity contribution in [3.05, 3.63) is 58.9 Å². The Morgan fingerprint density at radius 2 is 1.83 bits per heavy atom. The maximum atomic E-state index is 14.4. The predicted octanol–water partition coefficient (Wildman–Crippen LogP) is 5.04. The molecule has 0 radical (unpaired) electrons. The van der Waals surface area contributed by atoms with Gasteiger partial charge in [0.15, 0.2) is 0 Å². The molecule has 1 amide bonds. The topological polar surface area (TPSA) is 66.9 Å². The van der Waals surface area contributed by atoms with E-state index >= 15 is 0 Å². The van der Waals surface area contributed by atoms with Gasteiger partial charge in [0, 0.05) is 43.0 Å². The van der Waals surface area contributed by atoms with Gasteiger partial charge in [-0.1, -0.05) is 23.7 Å². The van der Waals surface area contributed by atoms with Crippen molar-refractivity contribution in [1.29, 1.82) is 0 Å². The number of ether oxygens (including phenoxy) is 1. The monoisotopic (exact) mass is 522 g/mol. The van der Waals surface area contributed by atoms with Crippen LogP contribution in [0, 0.1) is 18.2 Å². The van der Waals surface area contributed by atoms with Gasteiger partial charge >= 0.3 is 0 Å². The lowest BCUT2D eigenvalue weighted by Gasteiger charge is -2.42. The number of aryl methyl sites for hydroxylation is 1. The van der Waals surface area contributed by atoms with E-state index in [9.17, 15) is 17.6 Å². The van der Waals surface area contributed by atoms with Gasteiger partial charge in [-0.15, -0.1) is 0 Å². The molecule has 2 fully saturated rings. The van der Waals surface area contributed by atoms with E-state index in [4.69, 9.17) is 16.3 Å². The molecule has 0 N–H and O–H groups in total. The van der Waals surface area contributed by atoms with Crippen molar-refractivity contribution in [3.63, 3.8) is 0 Å². The Balaban J connectivity index is 1.60. The number of sulfonamides is 1. The van der Waals surface area contributed by atoms with E-state index in [-0.39, 0.29) is 36.9 Å². The summed E-state index contributed by atoms with van der Waals surface area (Å²) in [5.41, 5.74) is 0.147. The van der Waals surface area contributed by atoms with Crippen molar-refractivity contribution in [1.82, 2.24) is 9.21 Å². The molecule has 9 heteroatoms. The van der Waals surface area contributed by atoms with Crippen molar-refractivity contribution in [3.8, 4) is 5.75 Å². The number of nitrogens with zero attached hydrogens (tertiary/aromatic N) is 2. The third-order valence-electron chi connectivity index (χ3n) is 6.99. The summed E-state index contributed by atoms with van der Waals surface area (Å²) in [6, 6.07) is 10.8. The fraction of sp³-hybridized carbons (Fsp3) is 0.500. The van der Waals surface area contributed by atoms with Crippen LogP contribution in [-0.2, 0) is 14.8 Å². The zero-order valence-electron chi connectivity index (χ0n) is 20.0. The second kappa shape index (κ2) is 10.8. The molecule has 1 unspecified atom stereocenters. The number of carbonyl (C=O) groups is 1. The van der Waals surface area contributed by atoms with Gasteiger partial charge < -0.3 is 9.64 Å². The van der Waals surface area contributed by atoms with E-state index in [0.717, 1.165) is 44.0 Å². The second-order valence-electron chi connectivity index (χ2n) is 9.69. The first kappa shape index (κ1) is 25.9. The molecule has 2 aromatic rings. The van der Waals surface area contributed by atoms with Crippen LogP contribution in [0.4, 0.5) is 4.39 Å². The number of rotatable bonds is 7. The van der Waals surface area contributed by atoms with Crippen LogP contribution in [0.5, 0.6) is 5.75 Å². The standard InChI is InChI=1S/C26H32ClFN2O4S/c1-20-16-21(10-11-22(20)27)34-19-26(17-25(31)29-13-5-2-6-14-29)12-7-15-30(18-26)35(32,33)24-9-4-3-8-23(24)28/h3-4,8-11,16H,2,5-7,12-15,17-19H2,1H3. The largest absolute Gasteiger partial charge is 0.493 e. The summed E-state index contributed by atoms with van der Waals surface area (Å²) in [5.74, 6) is -0.141. The summed E-state index contributed by atoms with van der Waals surface area (Å²) < 4.78 is 48.6. The van der Waals surface area contributed by atoms with Crippen LogP contribution in [-0.4, -0.2) is 56.3 Å². The Hall–Kier alpha value is -2.16. The van der Waals surface area contributed by atoms with E-state index < -0.39 is 21.3 Å². The van der Waals surface area contributed by atoms with E-state index in [0.29, 0.717) is 23.6 Å². The highest BCUT2D eigenvalue weighted by Crippen LogP contribution is 2.38. The summed E-state index contributed by atoms with van der Waals surface area (Å²) in [5, 5.41) is 0.632. The molecule has 0 bridgehead atoms. The molecule has 0 aliphatic carbocycles. The molecule has 2 aliphatic rings. The SMILES string of the molecule is Cc1cc(OCC2(CC(=O)N3CCCCC3)CCCN(S(=O)(=O)c3ccccc3F)C2)ccc1Cl. The molecular weight excluding hydrogens is 491 g/mol. The van der Waals surface area contributed by atoms with Gasteiger partial charge in [-0.2, -0.15) is 4.31 Å². The Labute approximate surface area is 212 Å². The van der Waals surface area contributed by atoms with Crippen molar-refractivity contribution >= 4 is 27.5 Å². The Bertz CT molecular complexity index is 1170. The maximum Gasteiger partial charge on any atom is 0.246 e. The Morgan fingerprint density at radius 1 is 1.09 bits per heavy atom. The summed E-state index contributed by atoms with van der Waals surface area (Å²) in [6.45, 7) is 3.88. The third kappa shape index (κ3) is 5.98. The first-order valence-corrected chi connectivity index (χ1v) is 13.9. The minimum absolute atomic E-state index is 0.0192. The van der Waals surface area contributed by atoms with E-state index in [1.165, 1.54) is 22.5 Å². The molecule has 0 spiro atoms. The van der Waals surface area contributed by atoms with Crippen LogP contribution in [0.2, 0.25) is 5.02 Å². The number of carbonyl (C=O) groups excluding carboxylic acids is 1. The minimum atomic E-state index is -4.06. The molecule has 1 atom stereocenters. The molecule has 6 nitrogen and oxygen atoms in total. The number of hydrogen-bond donors (Lipinski definition) is 0. The fourth-order valence-electron chi connectivity index (χ4n) is 4.99. The fourth-order valence-corrected chi connectivity index (χ4v) is 6.77. The number of amides is 1. The molecule has 2 heterocycles. The molecule has 2 saturated heterocycles. The van der Waals surface area contributed by atoms with Crippen molar-refractivity contribution in [2.24, 2.45) is 5.41 Å². The van der Waals surface area contributed by atoms with E-state index in [1.54, 1.807) is 12.1 Å². The molecule has 4 rings (SSSR count). The zero-order chi connectivity index (χ0) is 25.1. The third-order valence-corrected chi connectivity index (χ3v) is 9.29. The summed E-state index contributed by atoms with van der Waals surface area (Å²) in [7, 11) is -4.06. The number of benzene rings is 2. The van der Waals surface area contributed by atoms with Gasteiger partial charge in [-0.3, -0.25) is 4.79 Å². The predicted molar refractivity (Wildman–Crippen MR) is 134 cm³/mol. The van der Waals surface area contributed by atoms with Gasteiger partial charge in [0.05, 0.1) is 6.61 Å². The normalized spacial score (nSPS) is 21.6. The second-order valence-corrected chi connectivity index (χ2v) is 12.0. The number of likely N-dealkylation sites (tertiary alicyclic amines) is 1. The van der Waals surface area contributed by atoms with Crippen LogP contribution in [0.15, 0.2) is 47.4 Å². The summed E-state index contributed by atoms with van der Waals surface area (Å²) in [6.07, 6.45) is 4.46. The van der Waals surface area contributed by atoms with Crippen molar-refractivity contribution in [2.75, 3.05) is 32.8 Å². The molecular formula is C26H32ClFN2O4S. The van der Waals surface area contributed by atoms with Crippen LogP contribution < -0.4 is 4.74 Å². The first-order valence-electron chi connectivity index (χ1n) is 12.1. The van der Waals surface area contributed by atoms with Crippen LogP contribution in [0.25, 0.3) is 0 Å². The highest BCUT2D eigenvalue weighted by atomic mass is 35.5. The lowest BCUT2D eigenvalue weighted by Crippen LogP contribution is -2.51. The summed E-state index contributed by atoms with van der Waals surface area (Å²) in [4.78, 5) is 14.8. The highest BCUT2D eigenvalue weighted by molar-refractivity contribution is 7.89. The highest BCUT2D eigenvalue weighted by Gasteiger charge is 2.43. The van der Waals surface area contributed by atoms with Gasteiger partial charge in [-0.25, -0.2) is 12.8 Å². The van der Waals surface area contributed by atoms with Crippen molar-refractivity contribution < 1.29 is 22.3 Å². The first-order chi connectivity index (χ1) is 16.7. The van der Waals surface area contributed by atoms with Gasteiger partial charge in [0.1, 0.15) is 16.5 Å². The number of hydrogen-bond acceptors (Lipinski definition) is 4. The lowest BCUT2D eigenvalue weighted by molar-refractivity contribution is -0.136. The van der Waals surface area contributed by atoms with E-state index in [1.807, 2.05) is 17.9 Å². The summed E-state index contributed by atoms with van der Waals surface area (Å²) >= 11 is 6.14. The number of piperidine rings is 2. The molecule has 0 aromatic heterocycles. The average molecular weight is 523 g/mol.